The van der Waals surface area contributed by atoms with Crippen molar-refractivity contribution >= 4 is 21.4 Å². The molecule has 4 nitrogen and oxygen atoms in total. The molecule has 1 saturated heterocycles. The number of amides is 1. The second kappa shape index (κ2) is 5.51. The van der Waals surface area contributed by atoms with Crippen molar-refractivity contribution in [3.63, 3.8) is 0 Å². The predicted octanol–water partition coefficient (Wildman–Crippen LogP) is 2.42. The Hall–Kier alpha value is -1.57. The minimum Gasteiger partial charge on any atom is -0.312 e. The molecule has 2 aliphatic rings. The first-order chi connectivity index (χ1) is 10.7. The van der Waals surface area contributed by atoms with Crippen LogP contribution in [0.1, 0.15) is 24.0 Å². The van der Waals surface area contributed by atoms with E-state index in [4.69, 9.17) is 0 Å². The second-order valence-corrected chi connectivity index (χ2v) is 8.26. The number of fused-ring (bicyclic) bond motifs is 1. The van der Waals surface area contributed by atoms with Gasteiger partial charge in [0.1, 0.15) is 0 Å². The highest BCUT2D eigenvalue weighted by molar-refractivity contribution is 7.91. The van der Waals surface area contributed by atoms with Crippen LogP contribution in [0.5, 0.6) is 0 Å². The fourth-order valence-electron chi connectivity index (χ4n) is 3.21. The Morgan fingerprint density at radius 3 is 2.61 bits per heavy atom. The summed E-state index contributed by atoms with van der Waals surface area (Å²) in [5.74, 6) is -1.06. The third-order valence-electron chi connectivity index (χ3n) is 4.37. The van der Waals surface area contributed by atoms with E-state index in [2.05, 4.69) is 0 Å². The lowest BCUT2D eigenvalue weighted by Crippen LogP contribution is -2.40. The summed E-state index contributed by atoms with van der Waals surface area (Å²) >= 11 is 0. The van der Waals surface area contributed by atoms with Crippen molar-refractivity contribution < 1.29 is 26.4 Å². The van der Waals surface area contributed by atoms with Gasteiger partial charge in [-0.15, -0.1) is 0 Å². The molecule has 0 radical (unpaired) electrons. The third kappa shape index (κ3) is 3.22. The van der Waals surface area contributed by atoms with Crippen molar-refractivity contribution in [3.8, 4) is 0 Å². The fourth-order valence-corrected chi connectivity index (χ4v) is 4.95. The zero-order valence-electron chi connectivity index (χ0n) is 12.3. The van der Waals surface area contributed by atoms with Crippen molar-refractivity contribution in [2.75, 3.05) is 23.0 Å². The van der Waals surface area contributed by atoms with Crippen LogP contribution in [-0.2, 0) is 27.2 Å². The smallest absolute Gasteiger partial charge is 0.312 e. The van der Waals surface area contributed by atoms with E-state index in [1.165, 1.54) is 11.0 Å². The average Bonchev–Trinajstić information content (AvgIpc) is 2.84. The molecule has 126 valence electrons. The summed E-state index contributed by atoms with van der Waals surface area (Å²) in [7, 11) is -3.18. The molecule has 1 atom stereocenters. The first-order valence-electron chi connectivity index (χ1n) is 7.39. The summed E-state index contributed by atoms with van der Waals surface area (Å²) in [6.45, 7) is 0.410. The number of halogens is 3. The number of carbonyl (C=O) groups excluding carboxylic acids is 1. The Bertz CT molecular complexity index is 743. The van der Waals surface area contributed by atoms with Crippen LogP contribution in [-0.4, -0.2) is 32.4 Å². The number of hydrogen-bond acceptors (Lipinski definition) is 3. The molecule has 1 fully saturated rings. The van der Waals surface area contributed by atoms with Crippen molar-refractivity contribution in [1.29, 1.82) is 0 Å². The van der Waals surface area contributed by atoms with Crippen LogP contribution in [0.2, 0.25) is 0 Å². The van der Waals surface area contributed by atoms with Crippen LogP contribution < -0.4 is 4.90 Å². The number of alkyl halides is 3. The molecule has 1 aromatic carbocycles. The summed E-state index contributed by atoms with van der Waals surface area (Å²) in [4.78, 5) is 14.0. The van der Waals surface area contributed by atoms with Crippen molar-refractivity contribution in [1.82, 2.24) is 0 Å². The van der Waals surface area contributed by atoms with E-state index in [0.29, 0.717) is 30.6 Å². The van der Waals surface area contributed by atoms with Crippen molar-refractivity contribution in [2.45, 2.75) is 25.4 Å². The number of nitrogens with zero attached hydrogens (tertiary/aromatic N) is 1. The summed E-state index contributed by atoms with van der Waals surface area (Å²) in [6.07, 6.45) is -3.08. The third-order valence-corrected chi connectivity index (χ3v) is 6.14. The van der Waals surface area contributed by atoms with Crippen LogP contribution in [0.3, 0.4) is 0 Å². The SMILES string of the molecule is O=C([C@@H]1CCS(=O)(=O)C1)N1CCCc2cc(C(F)(F)F)ccc21. The molecular formula is C15H16F3NO3S. The molecule has 0 aromatic heterocycles. The van der Waals surface area contributed by atoms with Gasteiger partial charge in [0.05, 0.1) is 23.0 Å². The van der Waals surface area contributed by atoms with Gasteiger partial charge in [0.2, 0.25) is 5.91 Å². The maximum absolute atomic E-state index is 12.8. The zero-order valence-corrected chi connectivity index (χ0v) is 13.1. The number of benzene rings is 1. The number of aryl methyl sites for hydroxylation is 1. The topological polar surface area (TPSA) is 54.5 Å². The van der Waals surface area contributed by atoms with Gasteiger partial charge in [0.15, 0.2) is 9.84 Å². The maximum atomic E-state index is 12.8. The molecule has 1 amide bonds. The first kappa shape index (κ1) is 16.3. The van der Waals surface area contributed by atoms with E-state index < -0.39 is 27.5 Å². The molecule has 0 N–H and O–H groups in total. The predicted molar refractivity (Wildman–Crippen MR) is 78.9 cm³/mol. The van der Waals surface area contributed by atoms with E-state index in [1.807, 2.05) is 0 Å². The van der Waals surface area contributed by atoms with Crippen molar-refractivity contribution in [3.05, 3.63) is 29.3 Å². The van der Waals surface area contributed by atoms with Gasteiger partial charge in [-0.05, 0) is 43.0 Å². The highest BCUT2D eigenvalue weighted by atomic mass is 32.2. The van der Waals surface area contributed by atoms with E-state index >= 15 is 0 Å². The molecule has 23 heavy (non-hydrogen) atoms. The van der Waals surface area contributed by atoms with Gasteiger partial charge in [-0.3, -0.25) is 4.79 Å². The van der Waals surface area contributed by atoms with Crippen LogP contribution in [0.25, 0.3) is 0 Å². The van der Waals surface area contributed by atoms with Crippen LogP contribution in [0.4, 0.5) is 18.9 Å². The van der Waals surface area contributed by atoms with Gasteiger partial charge in [-0.25, -0.2) is 8.42 Å². The van der Waals surface area contributed by atoms with E-state index in [9.17, 15) is 26.4 Å². The van der Waals surface area contributed by atoms with Gasteiger partial charge in [-0.2, -0.15) is 13.2 Å². The highest BCUT2D eigenvalue weighted by Gasteiger charge is 2.38. The fraction of sp³-hybridized carbons (Fsp3) is 0.533. The molecule has 0 bridgehead atoms. The maximum Gasteiger partial charge on any atom is 0.416 e. The number of anilines is 1. The Morgan fingerprint density at radius 2 is 2.00 bits per heavy atom. The van der Waals surface area contributed by atoms with Gasteiger partial charge in [-0.1, -0.05) is 0 Å². The first-order valence-corrected chi connectivity index (χ1v) is 9.21. The lowest BCUT2D eigenvalue weighted by atomic mass is 9.97. The minimum atomic E-state index is -4.42. The number of hydrogen-bond donors (Lipinski definition) is 0. The van der Waals surface area contributed by atoms with Gasteiger partial charge < -0.3 is 4.90 Å². The molecular weight excluding hydrogens is 331 g/mol. The van der Waals surface area contributed by atoms with E-state index in [-0.39, 0.29) is 23.8 Å². The number of carbonyl (C=O) groups is 1. The molecule has 0 spiro atoms. The molecule has 1 aromatic rings. The Kier molecular flexibility index (Phi) is 3.90. The molecule has 0 unspecified atom stereocenters. The molecule has 8 heteroatoms. The highest BCUT2D eigenvalue weighted by Crippen LogP contribution is 2.36. The normalized spacial score (nSPS) is 23.6. The summed E-state index contributed by atoms with van der Waals surface area (Å²) in [5.41, 5.74) is 0.229. The molecule has 3 rings (SSSR count). The minimum absolute atomic E-state index is 0.00286. The lowest BCUT2D eigenvalue weighted by Gasteiger charge is -2.31. The van der Waals surface area contributed by atoms with Crippen molar-refractivity contribution in [2.24, 2.45) is 5.92 Å². The average molecular weight is 347 g/mol. The van der Waals surface area contributed by atoms with Gasteiger partial charge >= 0.3 is 6.18 Å². The van der Waals surface area contributed by atoms with Gasteiger partial charge in [0, 0.05) is 12.2 Å². The quantitative estimate of drug-likeness (QED) is 0.784. The molecule has 2 aliphatic heterocycles. The lowest BCUT2D eigenvalue weighted by molar-refractivity contribution is -0.137. The van der Waals surface area contributed by atoms with Crippen LogP contribution in [0.15, 0.2) is 18.2 Å². The van der Waals surface area contributed by atoms with Gasteiger partial charge in [0.25, 0.3) is 0 Å². The summed E-state index contributed by atoms with van der Waals surface area (Å²) < 4.78 is 61.5. The standard InChI is InChI=1S/C15H16F3NO3S/c16-15(17,18)12-3-4-13-10(8-12)2-1-6-19(13)14(20)11-5-7-23(21,22)9-11/h3-4,8,11H,1-2,5-7,9H2/t11-/m1/s1. The Balaban J connectivity index is 1.89. The van der Waals surface area contributed by atoms with Crippen LogP contribution >= 0.6 is 0 Å². The number of rotatable bonds is 1. The Morgan fingerprint density at radius 1 is 1.26 bits per heavy atom. The van der Waals surface area contributed by atoms with E-state index in [1.54, 1.807) is 0 Å². The molecule has 0 saturated carbocycles. The zero-order chi connectivity index (χ0) is 16.8. The summed E-state index contributed by atoms with van der Waals surface area (Å²) in [6, 6.07) is 3.37. The second-order valence-electron chi connectivity index (χ2n) is 6.03. The molecule has 2 heterocycles. The largest absolute Gasteiger partial charge is 0.416 e. The monoisotopic (exact) mass is 347 g/mol. The Labute approximate surface area is 132 Å². The van der Waals surface area contributed by atoms with E-state index in [0.717, 1.165) is 12.1 Å². The molecule has 0 aliphatic carbocycles. The summed E-state index contributed by atoms with van der Waals surface area (Å²) in [5, 5.41) is 0. The van der Waals surface area contributed by atoms with Crippen LogP contribution in [0, 0.1) is 5.92 Å². The number of sulfone groups is 1.